The van der Waals surface area contributed by atoms with Gasteiger partial charge in [0.2, 0.25) is 0 Å². The van der Waals surface area contributed by atoms with Gasteiger partial charge in [-0.05, 0) is 36.8 Å². The minimum atomic E-state index is -0.939. The van der Waals surface area contributed by atoms with E-state index < -0.39 is 5.60 Å². The van der Waals surface area contributed by atoms with Crippen LogP contribution >= 0.6 is 0 Å². The van der Waals surface area contributed by atoms with Gasteiger partial charge >= 0.3 is 0 Å². The van der Waals surface area contributed by atoms with Crippen LogP contribution in [0.2, 0.25) is 0 Å². The van der Waals surface area contributed by atoms with E-state index in [4.69, 9.17) is 4.42 Å². The molecule has 0 aliphatic heterocycles. The van der Waals surface area contributed by atoms with E-state index in [2.05, 4.69) is 0 Å². The molecule has 0 saturated carbocycles. The molecule has 0 fully saturated rings. The molecule has 1 aromatic heterocycles. The van der Waals surface area contributed by atoms with Gasteiger partial charge in [-0.15, -0.1) is 0 Å². The van der Waals surface area contributed by atoms with Crippen molar-refractivity contribution in [1.29, 1.82) is 0 Å². The highest BCUT2D eigenvalue weighted by molar-refractivity contribution is 5.19. The lowest BCUT2D eigenvalue weighted by molar-refractivity contribution is 0.0554. The van der Waals surface area contributed by atoms with Gasteiger partial charge in [-0.1, -0.05) is 12.1 Å². The predicted octanol–water partition coefficient (Wildman–Crippen LogP) is 2.95. The molecule has 1 heterocycles. The zero-order valence-corrected chi connectivity index (χ0v) is 9.69. The van der Waals surface area contributed by atoms with Crippen molar-refractivity contribution in [2.24, 2.45) is 0 Å². The molecule has 17 heavy (non-hydrogen) atoms. The van der Waals surface area contributed by atoms with Gasteiger partial charge in [0, 0.05) is 12.8 Å². The highest BCUT2D eigenvalue weighted by Gasteiger charge is 2.23. The summed E-state index contributed by atoms with van der Waals surface area (Å²) in [6.45, 7) is 1.72. The lowest BCUT2D eigenvalue weighted by Crippen LogP contribution is -2.29. The molecule has 0 spiro atoms. The average molecular weight is 234 g/mol. The van der Waals surface area contributed by atoms with Gasteiger partial charge in [-0.2, -0.15) is 0 Å². The first-order valence-corrected chi connectivity index (χ1v) is 5.54. The first kappa shape index (κ1) is 11.9. The molecule has 0 radical (unpaired) electrons. The summed E-state index contributed by atoms with van der Waals surface area (Å²) in [4.78, 5) is 0. The Morgan fingerprint density at radius 2 is 2.06 bits per heavy atom. The summed E-state index contributed by atoms with van der Waals surface area (Å²) in [7, 11) is 0. The van der Waals surface area contributed by atoms with Crippen LogP contribution in [0.25, 0.3) is 0 Å². The van der Waals surface area contributed by atoms with Crippen molar-refractivity contribution in [1.82, 2.24) is 0 Å². The molecule has 2 nitrogen and oxygen atoms in total. The van der Waals surface area contributed by atoms with E-state index in [1.165, 1.54) is 12.1 Å². The lowest BCUT2D eigenvalue weighted by atomic mass is 9.92. The van der Waals surface area contributed by atoms with Crippen molar-refractivity contribution in [2.45, 2.75) is 25.4 Å². The second kappa shape index (κ2) is 4.72. The molecule has 0 aliphatic carbocycles. The molecule has 1 N–H and O–H groups in total. The van der Waals surface area contributed by atoms with Crippen LogP contribution in [0.5, 0.6) is 0 Å². The molecular weight excluding hydrogens is 219 g/mol. The Labute approximate surface area is 99.7 Å². The quantitative estimate of drug-likeness (QED) is 0.882. The molecule has 0 amide bonds. The van der Waals surface area contributed by atoms with Crippen molar-refractivity contribution in [3.8, 4) is 0 Å². The van der Waals surface area contributed by atoms with Gasteiger partial charge < -0.3 is 9.52 Å². The van der Waals surface area contributed by atoms with Gasteiger partial charge in [0.25, 0.3) is 0 Å². The summed E-state index contributed by atoms with van der Waals surface area (Å²) < 4.78 is 18.2. The van der Waals surface area contributed by atoms with E-state index in [1.807, 2.05) is 6.07 Å². The Bertz CT molecular complexity index is 475. The average Bonchev–Trinajstić information content (AvgIpc) is 2.68. The Morgan fingerprint density at radius 1 is 1.24 bits per heavy atom. The van der Waals surface area contributed by atoms with Gasteiger partial charge in [-0.3, -0.25) is 0 Å². The fourth-order valence-corrected chi connectivity index (χ4v) is 1.94. The second-order valence-electron chi connectivity index (χ2n) is 4.56. The Kier molecular flexibility index (Phi) is 3.29. The molecule has 90 valence electrons. The molecule has 1 unspecified atom stereocenters. The number of aliphatic hydroxyl groups is 1. The fourth-order valence-electron chi connectivity index (χ4n) is 1.94. The standard InChI is InChI=1S/C14H15FO2/c1-14(16,10-13-6-3-7-17-13)9-11-4-2-5-12(15)8-11/h2-8,16H,9-10H2,1H3. The normalized spacial score (nSPS) is 14.5. The van der Waals surface area contributed by atoms with E-state index in [0.29, 0.717) is 12.8 Å². The maximum Gasteiger partial charge on any atom is 0.123 e. The number of hydrogen-bond donors (Lipinski definition) is 1. The van der Waals surface area contributed by atoms with Gasteiger partial charge in [0.05, 0.1) is 11.9 Å². The molecule has 2 aromatic rings. The minimum Gasteiger partial charge on any atom is -0.469 e. The van der Waals surface area contributed by atoms with Crippen LogP contribution in [0.1, 0.15) is 18.2 Å². The zero-order chi connectivity index (χ0) is 12.3. The van der Waals surface area contributed by atoms with Gasteiger partial charge in [0.1, 0.15) is 11.6 Å². The highest BCUT2D eigenvalue weighted by atomic mass is 19.1. The van der Waals surface area contributed by atoms with Crippen LogP contribution in [0.3, 0.4) is 0 Å². The van der Waals surface area contributed by atoms with E-state index in [9.17, 15) is 9.50 Å². The van der Waals surface area contributed by atoms with E-state index in [0.717, 1.165) is 11.3 Å². The van der Waals surface area contributed by atoms with Gasteiger partial charge in [-0.25, -0.2) is 4.39 Å². The smallest absolute Gasteiger partial charge is 0.123 e. The van der Waals surface area contributed by atoms with Crippen LogP contribution < -0.4 is 0 Å². The number of halogens is 1. The van der Waals surface area contributed by atoms with Crippen LogP contribution in [0, 0.1) is 5.82 Å². The Morgan fingerprint density at radius 3 is 2.71 bits per heavy atom. The first-order chi connectivity index (χ1) is 8.05. The fraction of sp³-hybridized carbons (Fsp3) is 0.286. The maximum atomic E-state index is 13.0. The lowest BCUT2D eigenvalue weighted by Gasteiger charge is -2.22. The Balaban J connectivity index is 2.06. The highest BCUT2D eigenvalue weighted by Crippen LogP contribution is 2.19. The number of rotatable bonds is 4. The van der Waals surface area contributed by atoms with E-state index >= 15 is 0 Å². The van der Waals surface area contributed by atoms with E-state index in [1.54, 1.807) is 31.4 Å². The van der Waals surface area contributed by atoms with Crippen molar-refractivity contribution in [2.75, 3.05) is 0 Å². The largest absolute Gasteiger partial charge is 0.469 e. The van der Waals surface area contributed by atoms with Crippen LogP contribution in [0.4, 0.5) is 4.39 Å². The number of furan rings is 1. The van der Waals surface area contributed by atoms with Gasteiger partial charge in [0.15, 0.2) is 0 Å². The molecule has 1 atom stereocenters. The summed E-state index contributed by atoms with van der Waals surface area (Å²) >= 11 is 0. The van der Waals surface area contributed by atoms with Crippen molar-refractivity contribution >= 4 is 0 Å². The molecule has 2 rings (SSSR count). The summed E-state index contributed by atoms with van der Waals surface area (Å²) in [6.07, 6.45) is 2.38. The van der Waals surface area contributed by atoms with Crippen molar-refractivity contribution in [3.05, 3.63) is 59.8 Å². The first-order valence-electron chi connectivity index (χ1n) is 5.54. The second-order valence-corrected chi connectivity index (χ2v) is 4.56. The van der Waals surface area contributed by atoms with Crippen LogP contribution in [0.15, 0.2) is 47.1 Å². The monoisotopic (exact) mass is 234 g/mol. The summed E-state index contributed by atoms with van der Waals surface area (Å²) in [5.41, 5.74) is -0.160. The minimum absolute atomic E-state index is 0.281. The van der Waals surface area contributed by atoms with Crippen LogP contribution in [-0.2, 0) is 12.8 Å². The molecule has 0 saturated heterocycles. The third-order valence-electron chi connectivity index (χ3n) is 2.61. The third-order valence-corrected chi connectivity index (χ3v) is 2.61. The number of benzene rings is 1. The van der Waals surface area contributed by atoms with Crippen molar-refractivity contribution < 1.29 is 13.9 Å². The summed E-state index contributed by atoms with van der Waals surface area (Å²) in [5.74, 6) is 0.447. The zero-order valence-electron chi connectivity index (χ0n) is 9.69. The third kappa shape index (κ3) is 3.43. The molecule has 1 aromatic carbocycles. The van der Waals surface area contributed by atoms with Crippen LogP contribution in [-0.4, -0.2) is 10.7 Å². The SMILES string of the molecule is CC(O)(Cc1cccc(F)c1)Cc1ccco1. The molecule has 0 aliphatic rings. The Hall–Kier alpha value is -1.61. The summed E-state index contributed by atoms with van der Waals surface area (Å²) in [5, 5.41) is 10.2. The maximum absolute atomic E-state index is 13.0. The van der Waals surface area contributed by atoms with E-state index in [-0.39, 0.29) is 5.82 Å². The molecule has 0 bridgehead atoms. The molecule has 3 heteroatoms. The summed E-state index contributed by atoms with van der Waals surface area (Å²) in [6, 6.07) is 9.89. The van der Waals surface area contributed by atoms with Crippen molar-refractivity contribution in [3.63, 3.8) is 0 Å². The molecular formula is C14H15FO2. The topological polar surface area (TPSA) is 33.4 Å². The number of hydrogen-bond acceptors (Lipinski definition) is 2. The predicted molar refractivity (Wildman–Crippen MR) is 63.1 cm³/mol.